The summed E-state index contributed by atoms with van der Waals surface area (Å²) in [5.74, 6) is -0.246. The predicted octanol–water partition coefficient (Wildman–Crippen LogP) is 0.732. The molecule has 3 N–H and O–H groups in total. The highest BCUT2D eigenvalue weighted by Gasteiger charge is 2.22. The number of aromatic nitrogens is 5. The molecule has 9 nitrogen and oxygen atoms in total. The number of hydrogen-bond acceptors (Lipinski definition) is 5. The van der Waals surface area contributed by atoms with E-state index >= 15 is 0 Å². The molecule has 27 heavy (non-hydrogen) atoms. The summed E-state index contributed by atoms with van der Waals surface area (Å²) in [6, 6.07) is 9.32. The Kier molecular flexibility index (Phi) is 3.91. The molecule has 3 heterocycles. The standard InChI is InChI=1S/C18H17N5O4/c1-2-6-11-15(25)22(9-10-7-4-3-5-8-10)18-20-13-12(23(18)16(11)26)14(24)21-17(27)19-13/h3-5,7-8,26H,2,6,9H2,1H3,(H2,19,21,24,27). The second kappa shape index (κ2) is 6.27. The van der Waals surface area contributed by atoms with Crippen molar-refractivity contribution in [3.05, 3.63) is 72.7 Å². The van der Waals surface area contributed by atoms with E-state index in [0.29, 0.717) is 12.8 Å². The van der Waals surface area contributed by atoms with Gasteiger partial charge in [0.1, 0.15) is 0 Å². The fourth-order valence-corrected chi connectivity index (χ4v) is 3.25. The summed E-state index contributed by atoms with van der Waals surface area (Å²) in [7, 11) is 0. The molecule has 0 unspecified atom stereocenters. The molecule has 0 saturated heterocycles. The van der Waals surface area contributed by atoms with Crippen molar-refractivity contribution < 1.29 is 5.11 Å². The Bertz CT molecular complexity index is 1330. The third-order valence-electron chi connectivity index (χ3n) is 4.44. The molecular formula is C18H17N5O4. The summed E-state index contributed by atoms with van der Waals surface area (Å²) in [4.78, 5) is 45.7. The van der Waals surface area contributed by atoms with E-state index in [0.717, 1.165) is 5.56 Å². The Labute approximate surface area is 151 Å². The van der Waals surface area contributed by atoms with E-state index in [4.69, 9.17) is 0 Å². The first kappa shape index (κ1) is 16.8. The Balaban J connectivity index is 2.15. The number of nitrogens with one attached hydrogen (secondary N) is 2. The summed E-state index contributed by atoms with van der Waals surface area (Å²) >= 11 is 0. The lowest BCUT2D eigenvalue weighted by atomic mass is 10.1. The number of rotatable bonds is 4. The van der Waals surface area contributed by atoms with Crippen molar-refractivity contribution in [1.82, 2.24) is 23.9 Å². The lowest BCUT2D eigenvalue weighted by Crippen LogP contribution is -2.27. The Morgan fingerprint density at radius 2 is 1.85 bits per heavy atom. The first-order valence-corrected chi connectivity index (χ1v) is 8.54. The van der Waals surface area contributed by atoms with E-state index < -0.39 is 11.2 Å². The number of H-pyrrole nitrogens is 2. The minimum Gasteiger partial charge on any atom is -0.494 e. The molecule has 0 amide bonds. The van der Waals surface area contributed by atoms with E-state index in [1.165, 1.54) is 8.97 Å². The van der Waals surface area contributed by atoms with Gasteiger partial charge in [-0.15, -0.1) is 0 Å². The number of aromatic hydroxyl groups is 1. The van der Waals surface area contributed by atoms with Crippen molar-refractivity contribution in [2.24, 2.45) is 0 Å². The van der Waals surface area contributed by atoms with Crippen LogP contribution in [-0.4, -0.2) is 29.0 Å². The van der Waals surface area contributed by atoms with Gasteiger partial charge in [-0.05, 0) is 12.0 Å². The number of benzene rings is 1. The maximum absolute atomic E-state index is 13.0. The van der Waals surface area contributed by atoms with Crippen molar-refractivity contribution in [2.45, 2.75) is 26.3 Å². The summed E-state index contributed by atoms with van der Waals surface area (Å²) < 4.78 is 2.62. The molecule has 0 saturated carbocycles. The molecule has 3 aromatic heterocycles. The van der Waals surface area contributed by atoms with E-state index in [9.17, 15) is 19.5 Å². The number of hydrogen-bond donors (Lipinski definition) is 3. The second-order valence-corrected chi connectivity index (χ2v) is 6.28. The van der Waals surface area contributed by atoms with Crippen LogP contribution in [0.5, 0.6) is 5.88 Å². The Morgan fingerprint density at radius 1 is 1.11 bits per heavy atom. The molecule has 0 atom stereocenters. The fraction of sp³-hybridized carbons (Fsp3) is 0.222. The van der Waals surface area contributed by atoms with Crippen LogP contribution in [0.4, 0.5) is 0 Å². The van der Waals surface area contributed by atoms with Gasteiger partial charge in [-0.1, -0.05) is 43.7 Å². The van der Waals surface area contributed by atoms with Gasteiger partial charge in [-0.3, -0.25) is 24.1 Å². The third kappa shape index (κ3) is 2.64. The molecule has 0 spiro atoms. The van der Waals surface area contributed by atoms with E-state index in [-0.39, 0.29) is 40.5 Å². The van der Waals surface area contributed by atoms with E-state index in [1.807, 2.05) is 37.3 Å². The van der Waals surface area contributed by atoms with Crippen LogP contribution in [0.25, 0.3) is 16.9 Å². The number of aromatic amines is 2. The number of nitrogens with zero attached hydrogens (tertiary/aromatic N) is 3. The zero-order chi connectivity index (χ0) is 19.1. The van der Waals surface area contributed by atoms with E-state index in [1.54, 1.807) is 0 Å². The van der Waals surface area contributed by atoms with Gasteiger partial charge in [-0.2, -0.15) is 4.98 Å². The maximum atomic E-state index is 13.0. The summed E-state index contributed by atoms with van der Waals surface area (Å²) in [5.41, 5.74) is -0.713. The first-order valence-electron chi connectivity index (χ1n) is 8.54. The molecule has 0 bridgehead atoms. The molecule has 0 aliphatic carbocycles. The molecule has 0 aliphatic heterocycles. The van der Waals surface area contributed by atoms with Crippen LogP contribution in [-0.2, 0) is 13.0 Å². The molecule has 138 valence electrons. The topological polar surface area (TPSA) is 125 Å². The van der Waals surface area contributed by atoms with Crippen LogP contribution < -0.4 is 16.8 Å². The van der Waals surface area contributed by atoms with Gasteiger partial charge in [0.25, 0.3) is 11.1 Å². The molecule has 0 radical (unpaired) electrons. The largest absolute Gasteiger partial charge is 0.494 e. The van der Waals surface area contributed by atoms with Gasteiger partial charge in [0, 0.05) is 0 Å². The van der Waals surface area contributed by atoms with E-state index in [2.05, 4.69) is 15.0 Å². The summed E-state index contributed by atoms with van der Waals surface area (Å²) in [5, 5.41) is 10.7. The van der Waals surface area contributed by atoms with Crippen LogP contribution in [0.15, 0.2) is 44.7 Å². The highest BCUT2D eigenvalue weighted by atomic mass is 16.3. The van der Waals surface area contributed by atoms with Gasteiger partial charge >= 0.3 is 5.69 Å². The maximum Gasteiger partial charge on any atom is 0.327 e. The predicted molar refractivity (Wildman–Crippen MR) is 99.4 cm³/mol. The molecule has 0 aliphatic rings. The zero-order valence-electron chi connectivity index (χ0n) is 14.5. The average molecular weight is 367 g/mol. The summed E-state index contributed by atoms with van der Waals surface area (Å²) in [6.45, 7) is 2.10. The van der Waals surface area contributed by atoms with Gasteiger partial charge in [0.2, 0.25) is 11.7 Å². The SMILES string of the molecule is CCCc1c(O)n2c3c(=O)[nH]c(=O)[nH]c3nc2n(Cc2ccccc2)c1=O. The smallest absolute Gasteiger partial charge is 0.327 e. The van der Waals surface area contributed by atoms with Crippen molar-refractivity contribution in [2.75, 3.05) is 0 Å². The minimum atomic E-state index is -0.707. The highest BCUT2D eigenvalue weighted by molar-refractivity contribution is 5.75. The Hall–Kier alpha value is -3.62. The zero-order valence-corrected chi connectivity index (χ0v) is 14.5. The molecule has 4 rings (SSSR count). The quantitative estimate of drug-likeness (QED) is 0.490. The van der Waals surface area contributed by atoms with Crippen molar-refractivity contribution >= 4 is 16.9 Å². The van der Waals surface area contributed by atoms with Crippen molar-refractivity contribution in [1.29, 1.82) is 0 Å². The number of imidazole rings is 1. The monoisotopic (exact) mass is 367 g/mol. The molecule has 1 aromatic carbocycles. The Morgan fingerprint density at radius 3 is 2.56 bits per heavy atom. The van der Waals surface area contributed by atoms with Crippen LogP contribution in [0, 0.1) is 0 Å². The molecule has 4 aromatic rings. The highest BCUT2D eigenvalue weighted by Crippen LogP contribution is 2.21. The minimum absolute atomic E-state index is 0.00825. The third-order valence-corrected chi connectivity index (χ3v) is 4.44. The van der Waals surface area contributed by atoms with Gasteiger partial charge in [0.15, 0.2) is 11.2 Å². The van der Waals surface area contributed by atoms with Crippen LogP contribution in [0.3, 0.4) is 0 Å². The fourth-order valence-electron chi connectivity index (χ4n) is 3.25. The summed E-state index contributed by atoms with van der Waals surface area (Å²) in [6.07, 6.45) is 0.982. The lowest BCUT2D eigenvalue weighted by Gasteiger charge is -2.12. The number of fused-ring (bicyclic) bond motifs is 3. The normalized spacial score (nSPS) is 11.4. The van der Waals surface area contributed by atoms with Crippen molar-refractivity contribution in [3.8, 4) is 5.88 Å². The average Bonchev–Trinajstić information content (AvgIpc) is 3.03. The van der Waals surface area contributed by atoms with Crippen LogP contribution in [0.2, 0.25) is 0 Å². The van der Waals surface area contributed by atoms with Gasteiger partial charge in [-0.25, -0.2) is 9.20 Å². The molecular weight excluding hydrogens is 350 g/mol. The van der Waals surface area contributed by atoms with Crippen LogP contribution >= 0.6 is 0 Å². The van der Waals surface area contributed by atoms with Gasteiger partial charge in [0.05, 0.1) is 12.1 Å². The lowest BCUT2D eigenvalue weighted by molar-refractivity contribution is 0.433. The van der Waals surface area contributed by atoms with Crippen molar-refractivity contribution in [3.63, 3.8) is 0 Å². The van der Waals surface area contributed by atoms with Gasteiger partial charge < -0.3 is 5.11 Å². The molecule has 0 fully saturated rings. The molecule has 9 heteroatoms. The first-order chi connectivity index (χ1) is 13.0. The van der Waals surface area contributed by atoms with Crippen LogP contribution in [0.1, 0.15) is 24.5 Å². The second-order valence-electron chi connectivity index (χ2n) is 6.28.